The van der Waals surface area contributed by atoms with Gasteiger partial charge in [0.2, 0.25) is 17.7 Å². The van der Waals surface area contributed by atoms with Crippen LogP contribution in [0.1, 0.15) is 24.8 Å². The average molecular weight is 349 g/mol. The number of carbonyl (C=O) groups is 3. The molecule has 136 valence electrons. The van der Waals surface area contributed by atoms with Crippen molar-refractivity contribution in [3.05, 3.63) is 35.6 Å². The van der Waals surface area contributed by atoms with Crippen LogP contribution in [-0.4, -0.2) is 66.2 Å². The normalized spacial score (nSPS) is 14.5. The number of amides is 3. The zero-order chi connectivity index (χ0) is 18.4. The van der Waals surface area contributed by atoms with Crippen LogP contribution in [-0.2, 0) is 20.9 Å². The highest BCUT2D eigenvalue weighted by molar-refractivity contribution is 6.02. The van der Waals surface area contributed by atoms with Gasteiger partial charge in [-0.2, -0.15) is 0 Å². The molecule has 25 heavy (non-hydrogen) atoms. The number of benzene rings is 1. The quantitative estimate of drug-likeness (QED) is 0.663. The number of hydrogen-bond donors (Lipinski definition) is 0. The van der Waals surface area contributed by atoms with Crippen molar-refractivity contribution >= 4 is 17.7 Å². The number of likely N-dealkylation sites (tertiary alicyclic amines) is 1. The van der Waals surface area contributed by atoms with Gasteiger partial charge in [-0.25, -0.2) is 4.39 Å². The molecule has 2 rings (SSSR count). The Morgan fingerprint density at radius 1 is 1.16 bits per heavy atom. The summed E-state index contributed by atoms with van der Waals surface area (Å²) in [6.07, 6.45) is 0.529. The van der Waals surface area contributed by atoms with Crippen LogP contribution in [0, 0.1) is 5.82 Å². The van der Waals surface area contributed by atoms with E-state index in [1.807, 2.05) is 19.0 Å². The standard InChI is InChI=1S/C18H24FN3O3/c1-20(2)10-11-21(13-14-4-3-5-15(19)12-14)16(23)8-9-22-17(24)6-7-18(22)25/h3-5,12H,6-11,13H2,1-2H3. The molecule has 1 aliphatic heterocycles. The van der Waals surface area contributed by atoms with Gasteiger partial charge < -0.3 is 9.80 Å². The fraction of sp³-hybridized carbons (Fsp3) is 0.500. The number of nitrogens with zero attached hydrogens (tertiary/aromatic N) is 3. The monoisotopic (exact) mass is 349 g/mol. The predicted molar refractivity (Wildman–Crippen MR) is 90.9 cm³/mol. The summed E-state index contributed by atoms with van der Waals surface area (Å²) in [5.41, 5.74) is 0.709. The zero-order valence-electron chi connectivity index (χ0n) is 14.7. The first kappa shape index (κ1) is 19.1. The Hall–Kier alpha value is -2.28. The molecule has 1 heterocycles. The third kappa shape index (κ3) is 5.63. The van der Waals surface area contributed by atoms with E-state index >= 15 is 0 Å². The fourth-order valence-electron chi connectivity index (χ4n) is 2.71. The van der Waals surface area contributed by atoms with E-state index in [2.05, 4.69) is 0 Å². The Bertz CT molecular complexity index is 632. The minimum absolute atomic E-state index is 0.0836. The molecule has 0 atom stereocenters. The van der Waals surface area contributed by atoms with Crippen LogP contribution in [0.2, 0.25) is 0 Å². The molecule has 0 N–H and O–H groups in total. The highest BCUT2D eigenvalue weighted by atomic mass is 19.1. The summed E-state index contributed by atoms with van der Waals surface area (Å²) in [6, 6.07) is 6.15. The van der Waals surface area contributed by atoms with E-state index in [0.717, 1.165) is 4.90 Å². The van der Waals surface area contributed by atoms with Crippen LogP contribution >= 0.6 is 0 Å². The number of halogens is 1. The summed E-state index contributed by atoms with van der Waals surface area (Å²) in [5.74, 6) is -0.935. The molecular weight excluding hydrogens is 325 g/mol. The first-order valence-corrected chi connectivity index (χ1v) is 8.37. The van der Waals surface area contributed by atoms with E-state index < -0.39 is 0 Å². The van der Waals surface area contributed by atoms with Crippen LogP contribution in [0.5, 0.6) is 0 Å². The van der Waals surface area contributed by atoms with E-state index in [9.17, 15) is 18.8 Å². The number of hydrogen-bond acceptors (Lipinski definition) is 4. The summed E-state index contributed by atoms with van der Waals surface area (Å²) >= 11 is 0. The fourth-order valence-corrected chi connectivity index (χ4v) is 2.71. The largest absolute Gasteiger partial charge is 0.337 e. The molecule has 0 unspecified atom stereocenters. The van der Waals surface area contributed by atoms with Crippen molar-refractivity contribution in [2.75, 3.05) is 33.7 Å². The number of imide groups is 1. The van der Waals surface area contributed by atoms with Gasteiger partial charge >= 0.3 is 0 Å². The number of carbonyl (C=O) groups excluding carboxylic acids is 3. The molecule has 3 amide bonds. The molecule has 0 aliphatic carbocycles. The zero-order valence-corrected chi connectivity index (χ0v) is 14.7. The van der Waals surface area contributed by atoms with Gasteiger partial charge in [-0.05, 0) is 31.8 Å². The topological polar surface area (TPSA) is 60.9 Å². The van der Waals surface area contributed by atoms with Crippen molar-refractivity contribution in [2.24, 2.45) is 0 Å². The molecule has 1 fully saturated rings. The van der Waals surface area contributed by atoms with Crippen LogP contribution < -0.4 is 0 Å². The van der Waals surface area contributed by atoms with Crippen LogP contribution in [0.3, 0.4) is 0 Å². The molecule has 1 aliphatic rings. The first-order chi connectivity index (χ1) is 11.9. The second kappa shape index (κ2) is 8.71. The molecule has 0 saturated carbocycles. The highest BCUT2D eigenvalue weighted by Crippen LogP contribution is 2.13. The molecule has 6 nitrogen and oxygen atoms in total. The lowest BCUT2D eigenvalue weighted by Gasteiger charge is -2.25. The van der Waals surface area contributed by atoms with Gasteiger partial charge in [-0.1, -0.05) is 12.1 Å². The Morgan fingerprint density at radius 2 is 1.84 bits per heavy atom. The van der Waals surface area contributed by atoms with Gasteiger partial charge in [0.25, 0.3) is 0 Å². The van der Waals surface area contributed by atoms with Gasteiger partial charge in [0.05, 0.1) is 0 Å². The summed E-state index contributed by atoms with van der Waals surface area (Å²) in [4.78, 5) is 40.6. The smallest absolute Gasteiger partial charge is 0.229 e. The van der Waals surface area contributed by atoms with E-state index in [1.54, 1.807) is 17.0 Å². The van der Waals surface area contributed by atoms with Crippen LogP contribution in [0.4, 0.5) is 4.39 Å². The van der Waals surface area contributed by atoms with E-state index in [0.29, 0.717) is 25.2 Å². The van der Waals surface area contributed by atoms with E-state index in [-0.39, 0.29) is 49.3 Å². The Morgan fingerprint density at radius 3 is 2.44 bits per heavy atom. The summed E-state index contributed by atoms with van der Waals surface area (Å²) in [6.45, 7) is 1.57. The minimum atomic E-state index is -0.342. The Balaban J connectivity index is 1.99. The van der Waals surface area contributed by atoms with Gasteiger partial charge in [0.1, 0.15) is 5.82 Å². The third-order valence-electron chi connectivity index (χ3n) is 4.14. The van der Waals surface area contributed by atoms with Gasteiger partial charge in [-0.15, -0.1) is 0 Å². The predicted octanol–water partition coefficient (Wildman–Crippen LogP) is 1.25. The Labute approximate surface area is 147 Å². The van der Waals surface area contributed by atoms with Crippen molar-refractivity contribution < 1.29 is 18.8 Å². The Kier molecular flexibility index (Phi) is 6.64. The maximum Gasteiger partial charge on any atom is 0.229 e. The van der Waals surface area contributed by atoms with Gasteiger partial charge in [0, 0.05) is 45.4 Å². The maximum atomic E-state index is 13.4. The maximum absolute atomic E-state index is 13.4. The van der Waals surface area contributed by atoms with Crippen LogP contribution in [0.15, 0.2) is 24.3 Å². The summed E-state index contributed by atoms with van der Waals surface area (Å²) in [7, 11) is 3.82. The molecule has 7 heteroatoms. The lowest BCUT2D eigenvalue weighted by atomic mass is 10.2. The van der Waals surface area contributed by atoms with Crippen molar-refractivity contribution in [2.45, 2.75) is 25.8 Å². The lowest BCUT2D eigenvalue weighted by molar-refractivity contribution is -0.139. The van der Waals surface area contributed by atoms with Crippen molar-refractivity contribution in [1.82, 2.24) is 14.7 Å². The van der Waals surface area contributed by atoms with Crippen molar-refractivity contribution in [3.8, 4) is 0 Å². The van der Waals surface area contributed by atoms with E-state index in [1.165, 1.54) is 12.1 Å². The van der Waals surface area contributed by atoms with Crippen molar-refractivity contribution in [3.63, 3.8) is 0 Å². The van der Waals surface area contributed by atoms with Crippen molar-refractivity contribution in [1.29, 1.82) is 0 Å². The molecule has 0 radical (unpaired) electrons. The average Bonchev–Trinajstić information content (AvgIpc) is 2.87. The second-order valence-electron chi connectivity index (χ2n) is 6.44. The molecule has 0 aromatic heterocycles. The van der Waals surface area contributed by atoms with E-state index in [4.69, 9.17) is 0 Å². The van der Waals surface area contributed by atoms with Crippen LogP contribution in [0.25, 0.3) is 0 Å². The summed E-state index contributed by atoms with van der Waals surface area (Å²) < 4.78 is 13.4. The summed E-state index contributed by atoms with van der Waals surface area (Å²) in [5, 5.41) is 0. The molecule has 0 spiro atoms. The number of likely N-dealkylation sites (N-methyl/N-ethyl adjacent to an activating group) is 1. The highest BCUT2D eigenvalue weighted by Gasteiger charge is 2.29. The molecule has 0 bridgehead atoms. The van der Waals surface area contributed by atoms with Gasteiger partial charge in [0.15, 0.2) is 0 Å². The molecular formula is C18H24FN3O3. The lowest BCUT2D eigenvalue weighted by Crippen LogP contribution is -2.39. The number of rotatable bonds is 8. The molecule has 1 aromatic carbocycles. The SMILES string of the molecule is CN(C)CCN(Cc1cccc(F)c1)C(=O)CCN1C(=O)CCC1=O. The second-order valence-corrected chi connectivity index (χ2v) is 6.44. The first-order valence-electron chi connectivity index (χ1n) is 8.37. The molecule has 1 saturated heterocycles. The third-order valence-corrected chi connectivity index (χ3v) is 4.14. The molecule has 1 aromatic rings. The minimum Gasteiger partial charge on any atom is -0.337 e. The van der Waals surface area contributed by atoms with Gasteiger partial charge in [-0.3, -0.25) is 19.3 Å².